The third-order valence-electron chi connectivity index (χ3n) is 3.59. The van der Waals surface area contributed by atoms with Crippen molar-refractivity contribution >= 4 is 17.3 Å². The summed E-state index contributed by atoms with van der Waals surface area (Å²) < 4.78 is 19.8. The summed E-state index contributed by atoms with van der Waals surface area (Å²) in [6.45, 7) is 4.61. The number of benzene rings is 2. The molecule has 1 heterocycles. The predicted molar refractivity (Wildman–Crippen MR) is 83.6 cm³/mol. The Morgan fingerprint density at radius 1 is 1.24 bits per heavy atom. The van der Waals surface area contributed by atoms with Crippen molar-refractivity contribution in [1.29, 1.82) is 0 Å². The standard InChI is InChI=1S/C17H17ClFNO/c1-17(2)9-11-5-3-6-12(16(11)21-17)10-20-15-13(18)7-4-8-14(15)19/h3-8,20H,9-10H2,1-2H3. The molecule has 110 valence electrons. The molecule has 1 N–H and O–H groups in total. The zero-order valence-electron chi connectivity index (χ0n) is 12.0. The van der Waals surface area contributed by atoms with Crippen LogP contribution in [-0.2, 0) is 13.0 Å². The molecule has 2 aromatic rings. The van der Waals surface area contributed by atoms with E-state index < -0.39 is 0 Å². The van der Waals surface area contributed by atoms with E-state index in [1.54, 1.807) is 12.1 Å². The lowest BCUT2D eigenvalue weighted by molar-refractivity contribution is 0.137. The van der Waals surface area contributed by atoms with Crippen molar-refractivity contribution in [3.8, 4) is 5.75 Å². The van der Waals surface area contributed by atoms with Crippen LogP contribution in [0.5, 0.6) is 5.75 Å². The van der Waals surface area contributed by atoms with Gasteiger partial charge in [0.2, 0.25) is 0 Å². The van der Waals surface area contributed by atoms with Gasteiger partial charge in [-0.25, -0.2) is 4.39 Å². The Morgan fingerprint density at radius 2 is 2.00 bits per heavy atom. The highest BCUT2D eigenvalue weighted by molar-refractivity contribution is 6.33. The fourth-order valence-corrected chi connectivity index (χ4v) is 2.90. The summed E-state index contributed by atoms with van der Waals surface area (Å²) >= 11 is 6.02. The molecule has 0 aliphatic carbocycles. The van der Waals surface area contributed by atoms with Crippen molar-refractivity contribution < 1.29 is 9.13 Å². The van der Waals surface area contributed by atoms with Gasteiger partial charge in [-0.1, -0.05) is 35.9 Å². The second-order valence-electron chi connectivity index (χ2n) is 5.89. The van der Waals surface area contributed by atoms with E-state index in [4.69, 9.17) is 16.3 Å². The fraction of sp³-hybridized carbons (Fsp3) is 0.294. The zero-order chi connectivity index (χ0) is 15.0. The molecule has 0 saturated carbocycles. The van der Waals surface area contributed by atoms with Crippen LogP contribution >= 0.6 is 11.6 Å². The minimum Gasteiger partial charge on any atom is -0.487 e. The van der Waals surface area contributed by atoms with Crippen LogP contribution in [-0.4, -0.2) is 5.60 Å². The van der Waals surface area contributed by atoms with Gasteiger partial charge in [-0.15, -0.1) is 0 Å². The SMILES string of the molecule is CC1(C)Cc2cccc(CNc3c(F)cccc3Cl)c2O1. The summed E-state index contributed by atoms with van der Waals surface area (Å²) in [5.41, 5.74) is 2.35. The third kappa shape index (κ3) is 2.84. The Labute approximate surface area is 128 Å². The topological polar surface area (TPSA) is 21.3 Å². The molecule has 1 aliphatic heterocycles. The summed E-state index contributed by atoms with van der Waals surface area (Å²) in [6, 6.07) is 10.7. The first-order valence-electron chi connectivity index (χ1n) is 6.94. The molecule has 2 aromatic carbocycles. The maximum absolute atomic E-state index is 13.8. The van der Waals surface area contributed by atoms with Crippen molar-refractivity contribution in [2.24, 2.45) is 0 Å². The first-order chi connectivity index (χ1) is 9.96. The molecule has 2 nitrogen and oxygen atoms in total. The molecule has 0 saturated heterocycles. The van der Waals surface area contributed by atoms with E-state index in [1.807, 2.05) is 12.1 Å². The summed E-state index contributed by atoms with van der Waals surface area (Å²) in [7, 11) is 0. The van der Waals surface area contributed by atoms with Crippen molar-refractivity contribution in [1.82, 2.24) is 0 Å². The number of halogens is 2. The normalized spacial score (nSPS) is 15.4. The van der Waals surface area contributed by atoms with Crippen molar-refractivity contribution in [3.63, 3.8) is 0 Å². The number of ether oxygens (including phenoxy) is 1. The van der Waals surface area contributed by atoms with Crippen LogP contribution < -0.4 is 10.1 Å². The molecular weight excluding hydrogens is 289 g/mol. The quantitative estimate of drug-likeness (QED) is 0.879. The number of anilines is 1. The van der Waals surface area contributed by atoms with Crippen LogP contribution in [0.4, 0.5) is 10.1 Å². The number of hydrogen-bond donors (Lipinski definition) is 1. The van der Waals surface area contributed by atoms with Crippen LogP contribution in [0, 0.1) is 5.82 Å². The average Bonchev–Trinajstić information content (AvgIpc) is 2.73. The number of rotatable bonds is 3. The van der Waals surface area contributed by atoms with E-state index in [1.165, 1.54) is 11.6 Å². The maximum atomic E-state index is 13.8. The molecule has 0 bridgehead atoms. The summed E-state index contributed by atoms with van der Waals surface area (Å²) in [4.78, 5) is 0. The molecule has 21 heavy (non-hydrogen) atoms. The van der Waals surface area contributed by atoms with Gasteiger partial charge in [0.1, 0.15) is 17.2 Å². The number of para-hydroxylation sites is 2. The van der Waals surface area contributed by atoms with Crippen LogP contribution in [0.1, 0.15) is 25.0 Å². The molecule has 3 rings (SSSR count). The second kappa shape index (κ2) is 5.23. The van der Waals surface area contributed by atoms with Crippen molar-refractivity contribution in [2.45, 2.75) is 32.4 Å². The first-order valence-corrected chi connectivity index (χ1v) is 7.32. The van der Waals surface area contributed by atoms with E-state index in [-0.39, 0.29) is 11.4 Å². The predicted octanol–water partition coefficient (Wildman–Crippen LogP) is 4.80. The van der Waals surface area contributed by atoms with Gasteiger partial charge in [0.25, 0.3) is 0 Å². The monoisotopic (exact) mass is 305 g/mol. The lowest BCUT2D eigenvalue weighted by Crippen LogP contribution is -2.25. The van der Waals surface area contributed by atoms with Crippen molar-refractivity contribution in [2.75, 3.05) is 5.32 Å². The van der Waals surface area contributed by atoms with Gasteiger partial charge < -0.3 is 10.1 Å². The molecule has 0 radical (unpaired) electrons. The van der Waals surface area contributed by atoms with Gasteiger partial charge in [-0.2, -0.15) is 0 Å². The number of fused-ring (bicyclic) bond motifs is 1. The Balaban J connectivity index is 1.83. The van der Waals surface area contributed by atoms with E-state index in [0.717, 1.165) is 17.7 Å². The van der Waals surface area contributed by atoms with Gasteiger partial charge in [-0.3, -0.25) is 0 Å². The first kappa shape index (κ1) is 14.2. The lowest BCUT2D eigenvalue weighted by Gasteiger charge is -2.18. The summed E-state index contributed by atoms with van der Waals surface area (Å²) in [5, 5.41) is 3.45. The van der Waals surface area contributed by atoms with Crippen LogP contribution in [0.15, 0.2) is 36.4 Å². The Bertz CT molecular complexity index is 664. The zero-order valence-corrected chi connectivity index (χ0v) is 12.8. The van der Waals surface area contributed by atoms with Gasteiger partial charge in [0.05, 0.1) is 10.7 Å². The molecule has 0 spiro atoms. The van der Waals surface area contributed by atoms with E-state index in [9.17, 15) is 4.39 Å². The third-order valence-corrected chi connectivity index (χ3v) is 3.91. The Morgan fingerprint density at radius 3 is 2.76 bits per heavy atom. The fourth-order valence-electron chi connectivity index (χ4n) is 2.67. The molecule has 0 atom stereocenters. The number of nitrogens with one attached hydrogen (secondary N) is 1. The van der Waals surface area contributed by atoms with Crippen molar-refractivity contribution in [3.05, 3.63) is 58.4 Å². The molecule has 0 amide bonds. The highest BCUT2D eigenvalue weighted by Crippen LogP contribution is 2.38. The average molecular weight is 306 g/mol. The summed E-state index contributed by atoms with van der Waals surface area (Å²) in [5.74, 6) is 0.554. The molecule has 1 aliphatic rings. The van der Waals surface area contributed by atoms with Crippen LogP contribution in [0.25, 0.3) is 0 Å². The molecular formula is C17H17ClFNO. The highest BCUT2D eigenvalue weighted by atomic mass is 35.5. The molecule has 0 unspecified atom stereocenters. The van der Waals surface area contributed by atoms with Gasteiger partial charge in [-0.05, 0) is 31.5 Å². The molecule has 4 heteroatoms. The smallest absolute Gasteiger partial charge is 0.147 e. The van der Waals surface area contributed by atoms with Crippen LogP contribution in [0.2, 0.25) is 5.02 Å². The van der Waals surface area contributed by atoms with Gasteiger partial charge in [0.15, 0.2) is 0 Å². The minimum atomic E-state index is -0.351. The lowest BCUT2D eigenvalue weighted by atomic mass is 10.0. The minimum absolute atomic E-state index is 0.186. The number of hydrogen-bond acceptors (Lipinski definition) is 2. The second-order valence-corrected chi connectivity index (χ2v) is 6.30. The van der Waals surface area contributed by atoms with Gasteiger partial charge >= 0.3 is 0 Å². The maximum Gasteiger partial charge on any atom is 0.147 e. The molecule has 0 aromatic heterocycles. The highest BCUT2D eigenvalue weighted by Gasteiger charge is 2.31. The van der Waals surface area contributed by atoms with E-state index in [2.05, 4.69) is 25.2 Å². The van der Waals surface area contributed by atoms with E-state index in [0.29, 0.717) is 17.3 Å². The van der Waals surface area contributed by atoms with Crippen LogP contribution in [0.3, 0.4) is 0 Å². The van der Waals surface area contributed by atoms with Gasteiger partial charge in [0, 0.05) is 18.5 Å². The Kier molecular flexibility index (Phi) is 3.54. The Hall–Kier alpha value is -1.74. The summed E-state index contributed by atoms with van der Waals surface area (Å²) in [6.07, 6.45) is 0.886. The largest absolute Gasteiger partial charge is 0.487 e. The van der Waals surface area contributed by atoms with E-state index >= 15 is 0 Å². The molecule has 0 fully saturated rings.